The Morgan fingerprint density at radius 3 is 3.18 bits per heavy atom. The van der Waals surface area contributed by atoms with Crippen LogP contribution in [-0.4, -0.2) is 30.6 Å². The van der Waals surface area contributed by atoms with E-state index >= 15 is 0 Å². The van der Waals surface area contributed by atoms with Crippen molar-refractivity contribution in [1.29, 1.82) is 0 Å². The third kappa shape index (κ3) is 3.54. The van der Waals surface area contributed by atoms with Gasteiger partial charge in [0.1, 0.15) is 0 Å². The summed E-state index contributed by atoms with van der Waals surface area (Å²) in [5.41, 5.74) is 0. The van der Waals surface area contributed by atoms with Crippen molar-refractivity contribution >= 4 is 11.3 Å². The second-order valence-corrected chi connectivity index (χ2v) is 5.96. The summed E-state index contributed by atoms with van der Waals surface area (Å²) in [5, 5.41) is 5.85. The molecule has 0 spiro atoms. The van der Waals surface area contributed by atoms with E-state index in [1.54, 1.807) is 0 Å². The largest absolute Gasteiger partial charge is 0.313 e. The monoisotopic (exact) mass is 252 g/mol. The van der Waals surface area contributed by atoms with E-state index in [1.165, 1.54) is 37.2 Å². The van der Waals surface area contributed by atoms with Crippen LogP contribution in [0.1, 0.15) is 44.0 Å². The summed E-state index contributed by atoms with van der Waals surface area (Å²) in [7, 11) is 0. The highest BCUT2D eigenvalue weighted by Crippen LogP contribution is 2.27. The molecule has 0 radical (unpaired) electrons. The first-order chi connectivity index (χ1) is 8.31. The van der Waals surface area contributed by atoms with Crippen LogP contribution in [0.5, 0.6) is 0 Å². The molecule has 2 heterocycles. The number of nitrogens with zero attached hydrogens (tertiary/aromatic N) is 1. The van der Waals surface area contributed by atoms with E-state index in [0.29, 0.717) is 12.1 Å². The number of rotatable bonds is 5. The molecular formula is C14H24N2S. The number of hydrogen-bond donors (Lipinski definition) is 1. The van der Waals surface area contributed by atoms with Crippen LogP contribution in [0.3, 0.4) is 0 Å². The quantitative estimate of drug-likeness (QED) is 0.865. The van der Waals surface area contributed by atoms with Crippen molar-refractivity contribution in [3.63, 3.8) is 0 Å². The molecular weight excluding hydrogens is 228 g/mol. The molecule has 1 fully saturated rings. The van der Waals surface area contributed by atoms with Gasteiger partial charge >= 0.3 is 0 Å². The minimum Gasteiger partial charge on any atom is -0.313 e. The molecule has 1 aliphatic heterocycles. The number of piperidine rings is 1. The van der Waals surface area contributed by atoms with E-state index in [2.05, 4.69) is 41.6 Å². The lowest BCUT2D eigenvalue weighted by atomic mass is 10.0. The average Bonchev–Trinajstić information content (AvgIpc) is 2.89. The highest BCUT2D eigenvalue weighted by molar-refractivity contribution is 7.10. The molecule has 1 saturated heterocycles. The summed E-state index contributed by atoms with van der Waals surface area (Å²) in [4.78, 5) is 4.13. The smallest absolute Gasteiger partial charge is 0.0413 e. The molecule has 1 aromatic rings. The number of nitrogens with one attached hydrogen (secondary N) is 1. The fourth-order valence-corrected chi connectivity index (χ4v) is 3.40. The third-order valence-electron chi connectivity index (χ3n) is 3.64. The second-order valence-electron chi connectivity index (χ2n) is 4.98. The van der Waals surface area contributed by atoms with Crippen molar-refractivity contribution in [3.05, 3.63) is 22.4 Å². The van der Waals surface area contributed by atoms with Gasteiger partial charge in [-0.2, -0.15) is 0 Å². The summed E-state index contributed by atoms with van der Waals surface area (Å²) in [6.07, 6.45) is 3.90. The zero-order valence-corrected chi connectivity index (χ0v) is 11.8. The van der Waals surface area contributed by atoms with Gasteiger partial charge in [0.15, 0.2) is 0 Å². The van der Waals surface area contributed by atoms with Gasteiger partial charge in [-0.25, -0.2) is 0 Å². The zero-order chi connectivity index (χ0) is 12.1. The molecule has 2 unspecified atom stereocenters. The molecule has 96 valence electrons. The number of hydrogen-bond acceptors (Lipinski definition) is 3. The van der Waals surface area contributed by atoms with E-state index in [9.17, 15) is 0 Å². The Balaban J connectivity index is 1.88. The molecule has 2 rings (SSSR count). The molecule has 17 heavy (non-hydrogen) atoms. The van der Waals surface area contributed by atoms with Crippen LogP contribution in [0.2, 0.25) is 0 Å². The molecule has 1 aliphatic rings. The minimum absolute atomic E-state index is 0.584. The van der Waals surface area contributed by atoms with Crippen molar-refractivity contribution in [2.75, 3.05) is 19.6 Å². The normalized spacial score (nSPS) is 23.8. The molecule has 2 nitrogen and oxygen atoms in total. The fourth-order valence-electron chi connectivity index (χ4n) is 2.58. The predicted octanol–water partition coefficient (Wildman–Crippen LogP) is 3.27. The minimum atomic E-state index is 0.584. The summed E-state index contributed by atoms with van der Waals surface area (Å²) in [6.45, 7) is 8.20. The van der Waals surface area contributed by atoms with Crippen LogP contribution < -0.4 is 5.32 Å². The summed E-state index contributed by atoms with van der Waals surface area (Å²) in [6, 6.07) is 5.71. The Labute approximate surface area is 109 Å². The van der Waals surface area contributed by atoms with Gasteiger partial charge < -0.3 is 5.32 Å². The van der Waals surface area contributed by atoms with Crippen molar-refractivity contribution in [3.8, 4) is 0 Å². The first-order valence-electron chi connectivity index (χ1n) is 6.82. The van der Waals surface area contributed by atoms with Gasteiger partial charge in [0.25, 0.3) is 0 Å². The molecule has 0 aliphatic carbocycles. The molecule has 0 bridgehead atoms. The number of thiophene rings is 1. The van der Waals surface area contributed by atoms with Crippen molar-refractivity contribution < 1.29 is 0 Å². The second kappa shape index (κ2) is 6.53. The Hall–Kier alpha value is -0.380. The van der Waals surface area contributed by atoms with Gasteiger partial charge in [0.05, 0.1) is 0 Å². The molecule has 0 aromatic carbocycles. The summed E-state index contributed by atoms with van der Waals surface area (Å²) in [5.74, 6) is 0. The lowest BCUT2D eigenvalue weighted by Crippen LogP contribution is -2.46. The lowest BCUT2D eigenvalue weighted by molar-refractivity contribution is 0.148. The third-order valence-corrected chi connectivity index (χ3v) is 4.68. The highest BCUT2D eigenvalue weighted by Gasteiger charge is 2.24. The van der Waals surface area contributed by atoms with Crippen molar-refractivity contribution in [2.45, 2.75) is 45.2 Å². The van der Waals surface area contributed by atoms with Crippen LogP contribution >= 0.6 is 11.3 Å². The van der Waals surface area contributed by atoms with E-state index in [0.717, 1.165) is 6.54 Å². The molecule has 0 amide bonds. The van der Waals surface area contributed by atoms with Crippen molar-refractivity contribution in [2.24, 2.45) is 0 Å². The molecule has 0 saturated carbocycles. The topological polar surface area (TPSA) is 15.3 Å². The molecule has 3 heteroatoms. The predicted molar refractivity (Wildman–Crippen MR) is 75.6 cm³/mol. The van der Waals surface area contributed by atoms with Gasteiger partial charge in [0.2, 0.25) is 0 Å². The van der Waals surface area contributed by atoms with Gasteiger partial charge in [-0.15, -0.1) is 11.3 Å². The van der Waals surface area contributed by atoms with Crippen LogP contribution in [-0.2, 0) is 0 Å². The SMILES string of the molecule is CCCNC1CCCN(C(C)c2cccs2)C1. The van der Waals surface area contributed by atoms with Gasteiger partial charge in [-0.3, -0.25) is 4.90 Å². The molecule has 2 atom stereocenters. The van der Waals surface area contributed by atoms with Crippen molar-refractivity contribution in [1.82, 2.24) is 10.2 Å². The standard InChI is InChI=1S/C14H24N2S/c1-3-8-15-13-6-4-9-16(11-13)12(2)14-7-5-10-17-14/h5,7,10,12-13,15H,3-4,6,8-9,11H2,1-2H3. The van der Waals surface area contributed by atoms with E-state index < -0.39 is 0 Å². The zero-order valence-electron chi connectivity index (χ0n) is 11.0. The highest BCUT2D eigenvalue weighted by atomic mass is 32.1. The Bertz CT molecular complexity index is 310. The maximum absolute atomic E-state index is 3.66. The first-order valence-corrected chi connectivity index (χ1v) is 7.70. The van der Waals surface area contributed by atoms with Gasteiger partial charge in [-0.1, -0.05) is 13.0 Å². The Morgan fingerprint density at radius 2 is 2.47 bits per heavy atom. The first kappa shape index (κ1) is 13.1. The van der Waals surface area contributed by atoms with Crippen LogP contribution in [0, 0.1) is 0 Å². The molecule has 1 N–H and O–H groups in total. The van der Waals surface area contributed by atoms with E-state index in [4.69, 9.17) is 0 Å². The van der Waals surface area contributed by atoms with Crippen LogP contribution in [0.15, 0.2) is 17.5 Å². The number of likely N-dealkylation sites (tertiary alicyclic amines) is 1. The van der Waals surface area contributed by atoms with E-state index in [1.807, 2.05) is 11.3 Å². The Morgan fingerprint density at radius 1 is 1.59 bits per heavy atom. The summed E-state index contributed by atoms with van der Waals surface area (Å²) >= 11 is 1.88. The lowest BCUT2D eigenvalue weighted by Gasteiger charge is -2.36. The van der Waals surface area contributed by atoms with Gasteiger partial charge in [-0.05, 0) is 50.7 Å². The fraction of sp³-hybridized carbons (Fsp3) is 0.714. The van der Waals surface area contributed by atoms with E-state index in [-0.39, 0.29) is 0 Å². The van der Waals surface area contributed by atoms with Crippen LogP contribution in [0.4, 0.5) is 0 Å². The summed E-state index contributed by atoms with van der Waals surface area (Å²) < 4.78 is 0. The van der Waals surface area contributed by atoms with Crippen LogP contribution in [0.25, 0.3) is 0 Å². The average molecular weight is 252 g/mol. The Kier molecular flexibility index (Phi) is 5.01. The maximum atomic E-state index is 3.66. The van der Waals surface area contributed by atoms with Gasteiger partial charge in [0, 0.05) is 23.5 Å². The maximum Gasteiger partial charge on any atom is 0.0413 e. The molecule has 1 aromatic heterocycles.